The van der Waals surface area contributed by atoms with Crippen molar-refractivity contribution in [2.24, 2.45) is 0 Å². The summed E-state index contributed by atoms with van der Waals surface area (Å²) in [6.07, 6.45) is -0.615. The van der Waals surface area contributed by atoms with Crippen molar-refractivity contribution in [3.63, 3.8) is 0 Å². The molecule has 192 valence electrons. The minimum Gasteiger partial charge on any atom is -0.456 e. The molecule has 1 heterocycles. The molecular weight excluding hydrogens is 497 g/mol. The van der Waals surface area contributed by atoms with Gasteiger partial charge in [0.1, 0.15) is 11.9 Å². The predicted octanol–water partition coefficient (Wildman–Crippen LogP) is 6.22. The number of hydrogen-bond acceptors (Lipinski definition) is 11. The fourth-order valence-electron chi connectivity index (χ4n) is 2.90. The Morgan fingerprint density at radius 2 is 1.09 bits per heavy atom. The molecule has 0 bridgehead atoms. The van der Waals surface area contributed by atoms with E-state index in [1.54, 1.807) is 41.5 Å². The van der Waals surface area contributed by atoms with Crippen LogP contribution < -0.4 is 0 Å². The SMILES string of the molecule is CCOP(=O)(Cc1cc(C(=O)P(=O)(OCC)OCC)oc1CP(=O)(OCC)OCC)OCC. The highest BCUT2D eigenvalue weighted by atomic mass is 31.2. The van der Waals surface area contributed by atoms with Crippen LogP contribution in [0.25, 0.3) is 0 Å². The van der Waals surface area contributed by atoms with Crippen LogP contribution >= 0.6 is 22.8 Å². The van der Waals surface area contributed by atoms with Crippen LogP contribution in [0.2, 0.25) is 0 Å². The minimum absolute atomic E-state index is 0.0164. The second-order valence-corrected chi connectivity index (χ2v) is 12.4. The molecule has 0 aliphatic heterocycles. The molecule has 0 saturated carbocycles. The summed E-state index contributed by atoms with van der Waals surface area (Å²) in [7, 11) is -11.5. The van der Waals surface area contributed by atoms with Crippen molar-refractivity contribution in [1.82, 2.24) is 0 Å². The highest BCUT2D eigenvalue weighted by Crippen LogP contribution is 2.57. The monoisotopic (exact) mass is 532 g/mol. The van der Waals surface area contributed by atoms with Crippen LogP contribution in [-0.2, 0) is 53.2 Å². The van der Waals surface area contributed by atoms with E-state index in [1.807, 2.05) is 0 Å². The van der Waals surface area contributed by atoms with Crippen LogP contribution in [0.4, 0.5) is 0 Å². The van der Waals surface area contributed by atoms with Gasteiger partial charge in [-0.1, -0.05) is 0 Å². The Morgan fingerprint density at radius 3 is 1.48 bits per heavy atom. The van der Waals surface area contributed by atoms with Gasteiger partial charge >= 0.3 is 28.3 Å². The lowest BCUT2D eigenvalue weighted by Crippen LogP contribution is -2.06. The molecule has 0 unspecified atom stereocenters. The van der Waals surface area contributed by atoms with Gasteiger partial charge in [-0.05, 0) is 47.6 Å². The first-order valence-corrected chi connectivity index (χ1v) is 15.9. The van der Waals surface area contributed by atoms with E-state index in [-0.39, 0.29) is 69.0 Å². The molecule has 14 heteroatoms. The van der Waals surface area contributed by atoms with E-state index in [0.717, 1.165) is 0 Å². The molecule has 1 aromatic heterocycles. The summed E-state index contributed by atoms with van der Waals surface area (Å²) in [5.41, 5.74) is -0.785. The average molecular weight is 532 g/mol. The molecule has 0 aliphatic carbocycles. The van der Waals surface area contributed by atoms with Gasteiger partial charge < -0.3 is 31.6 Å². The standard InChI is InChI=1S/C19H35O11P3/c1-7-24-31(21,25-8-2)14-16-13-17(19(20)33(23,28-11-5)29-12-6)30-18(16)15-32(22,26-9-3)27-10-4/h13H,7-12,14-15H2,1-6H3. The predicted molar refractivity (Wildman–Crippen MR) is 123 cm³/mol. The largest absolute Gasteiger partial charge is 0.456 e. The third-order valence-electron chi connectivity index (χ3n) is 3.96. The Kier molecular flexibility index (Phi) is 13.0. The van der Waals surface area contributed by atoms with E-state index in [9.17, 15) is 18.5 Å². The smallest absolute Gasteiger partial charge is 0.404 e. The molecule has 0 spiro atoms. The van der Waals surface area contributed by atoms with E-state index in [4.69, 9.17) is 31.6 Å². The minimum atomic E-state index is -4.19. The topological polar surface area (TPSA) is 137 Å². The van der Waals surface area contributed by atoms with Crippen LogP contribution in [-0.4, -0.2) is 45.2 Å². The van der Waals surface area contributed by atoms with Crippen LogP contribution in [0.3, 0.4) is 0 Å². The first-order chi connectivity index (χ1) is 15.6. The summed E-state index contributed by atoms with van der Waals surface area (Å²) < 4.78 is 76.4. The van der Waals surface area contributed by atoms with E-state index >= 15 is 0 Å². The van der Waals surface area contributed by atoms with Gasteiger partial charge in [-0.3, -0.25) is 18.5 Å². The summed E-state index contributed by atoms with van der Waals surface area (Å²) in [5, 5.41) is 0. The van der Waals surface area contributed by atoms with Crippen molar-refractivity contribution in [1.29, 1.82) is 0 Å². The van der Waals surface area contributed by atoms with E-state index in [0.29, 0.717) is 0 Å². The maximum atomic E-state index is 13.1. The summed E-state index contributed by atoms with van der Waals surface area (Å²) >= 11 is 0. The molecule has 0 saturated heterocycles. The molecular formula is C19H35O11P3. The second-order valence-electron chi connectivity index (χ2n) is 6.41. The highest BCUT2D eigenvalue weighted by molar-refractivity contribution is 7.72. The normalized spacial score (nSPS) is 12.9. The number of carbonyl (C=O) groups excluding carboxylic acids is 1. The van der Waals surface area contributed by atoms with Crippen LogP contribution in [0.5, 0.6) is 0 Å². The first kappa shape index (κ1) is 30.4. The van der Waals surface area contributed by atoms with Crippen molar-refractivity contribution in [3.8, 4) is 0 Å². The highest BCUT2D eigenvalue weighted by Gasteiger charge is 2.40. The number of hydrogen-bond donors (Lipinski definition) is 0. The Labute approximate surface area is 195 Å². The maximum Gasteiger partial charge on any atom is 0.404 e. The molecule has 11 nitrogen and oxygen atoms in total. The Bertz CT molecular complexity index is 816. The molecule has 0 amide bonds. The Morgan fingerprint density at radius 1 is 0.697 bits per heavy atom. The van der Waals surface area contributed by atoms with E-state index in [2.05, 4.69) is 0 Å². The fraction of sp³-hybridized carbons (Fsp3) is 0.737. The van der Waals surface area contributed by atoms with Crippen molar-refractivity contribution < 1.29 is 50.0 Å². The third-order valence-corrected chi connectivity index (χ3v) is 9.88. The summed E-state index contributed by atoms with van der Waals surface area (Å²) in [4.78, 5) is 13.0. The summed E-state index contributed by atoms with van der Waals surface area (Å²) in [6, 6.07) is 1.26. The van der Waals surface area contributed by atoms with Crippen LogP contribution in [0.15, 0.2) is 10.5 Å². The third kappa shape index (κ3) is 8.84. The quantitative estimate of drug-likeness (QED) is 0.199. The first-order valence-electron chi connectivity index (χ1n) is 10.9. The second kappa shape index (κ2) is 14.1. The molecule has 33 heavy (non-hydrogen) atoms. The summed E-state index contributed by atoms with van der Waals surface area (Å²) in [5.74, 6) is -0.341. The molecule has 0 aliphatic rings. The van der Waals surface area contributed by atoms with E-state index in [1.165, 1.54) is 6.07 Å². The Hall–Kier alpha value is -0.600. The average Bonchev–Trinajstić information content (AvgIpc) is 3.09. The zero-order valence-corrected chi connectivity index (χ0v) is 22.7. The van der Waals surface area contributed by atoms with Crippen molar-refractivity contribution >= 4 is 28.3 Å². The molecule has 0 fully saturated rings. The van der Waals surface area contributed by atoms with Crippen molar-refractivity contribution in [3.05, 3.63) is 23.2 Å². The van der Waals surface area contributed by atoms with E-state index < -0.39 is 28.3 Å². The van der Waals surface area contributed by atoms with Gasteiger partial charge in [0.05, 0.1) is 45.8 Å². The van der Waals surface area contributed by atoms with Crippen molar-refractivity contribution in [2.75, 3.05) is 39.6 Å². The van der Waals surface area contributed by atoms with Gasteiger partial charge in [-0.2, -0.15) is 0 Å². The van der Waals surface area contributed by atoms with Crippen molar-refractivity contribution in [2.45, 2.75) is 53.9 Å². The lowest BCUT2D eigenvalue weighted by Gasteiger charge is -2.18. The number of rotatable bonds is 18. The lowest BCUT2D eigenvalue weighted by molar-refractivity contribution is 0.0975. The molecule has 1 aromatic rings. The molecule has 0 N–H and O–H groups in total. The lowest BCUT2D eigenvalue weighted by atomic mass is 10.3. The molecule has 0 atom stereocenters. The van der Waals surface area contributed by atoms with Gasteiger partial charge in [0.2, 0.25) is 0 Å². The molecule has 0 aromatic carbocycles. The molecule has 1 rings (SSSR count). The van der Waals surface area contributed by atoms with Crippen LogP contribution in [0.1, 0.15) is 63.4 Å². The zero-order chi connectivity index (χ0) is 25.1. The van der Waals surface area contributed by atoms with Gasteiger partial charge in [-0.25, -0.2) is 0 Å². The zero-order valence-electron chi connectivity index (χ0n) is 20.1. The van der Waals surface area contributed by atoms with Gasteiger partial charge in [0.15, 0.2) is 5.76 Å². The molecule has 0 radical (unpaired) electrons. The van der Waals surface area contributed by atoms with Crippen LogP contribution in [0, 0.1) is 0 Å². The summed E-state index contributed by atoms with van der Waals surface area (Å²) in [6.45, 7) is 10.2. The number of furan rings is 1. The van der Waals surface area contributed by atoms with Gasteiger partial charge in [0, 0.05) is 5.56 Å². The van der Waals surface area contributed by atoms with Gasteiger partial charge in [-0.15, -0.1) is 0 Å². The fourth-order valence-corrected chi connectivity index (χ4v) is 7.66. The number of carbonyl (C=O) groups is 1. The maximum absolute atomic E-state index is 13.1. The van der Waals surface area contributed by atoms with Gasteiger partial charge in [0.25, 0.3) is 0 Å². The Balaban J connectivity index is 3.52.